The van der Waals surface area contributed by atoms with E-state index in [-0.39, 0.29) is 5.82 Å². The van der Waals surface area contributed by atoms with E-state index in [9.17, 15) is 9.18 Å². The predicted molar refractivity (Wildman–Crippen MR) is 149 cm³/mol. The van der Waals surface area contributed by atoms with Crippen LogP contribution in [0.15, 0.2) is 66.7 Å². The number of benzene rings is 3. The maximum Gasteiger partial charge on any atom is 0.333 e. The molecule has 37 heavy (non-hydrogen) atoms. The van der Waals surface area contributed by atoms with E-state index in [4.69, 9.17) is 38.8 Å². The molecule has 0 aliphatic rings. The molecular weight excluding hydrogens is 516 g/mol. The van der Waals surface area contributed by atoms with E-state index < -0.39 is 6.03 Å². The molecule has 0 spiro atoms. The maximum absolute atomic E-state index is 13.6. The molecule has 0 unspecified atom stereocenters. The van der Waals surface area contributed by atoms with Crippen LogP contribution in [0, 0.1) is 5.82 Å². The lowest BCUT2D eigenvalue weighted by atomic mass is 9.95. The van der Waals surface area contributed by atoms with Gasteiger partial charge in [0.25, 0.3) is 0 Å². The molecule has 4 rings (SSSR count). The normalized spacial score (nSPS) is 10.8. The standard InChI is InChI=1S/C27H26Cl2FN5O2/c1-37-20-7-8-24-22(15-20)21(16-25(33-24)17-2-4-18(30)5-3-17)23-14-19(32-27(36)34-31)6-9-26(23)35(12-10-28)13-11-29/h2-9,14-16H,10-13,31H2,1H3,(H2,32,34,36). The fourth-order valence-corrected chi connectivity index (χ4v) is 4.56. The Hall–Kier alpha value is -3.59. The van der Waals surface area contributed by atoms with Crippen molar-refractivity contribution in [2.45, 2.75) is 0 Å². The highest BCUT2D eigenvalue weighted by atomic mass is 35.5. The number of pyridine rings is 1. The molecule has 1 heterocycles. The summed E-state index contributed by atoms with van der Waals surface area (Å²) in [6.07, 6.45) is 0. The molecule has 0 fully saturated rings. The second-order valence-corrected chi connectivity index (χ2v) is 8.90. The van der Waals surface area contributed by atoms with Crippen LogP contribution < -0.4 is 26.2 Å². The molecule has 0 aliphatic carbocycles. The predicted octanol–water partition coefficient (Wildman–Crippen LogP) is 6.00. The van der Waals surface area contributed by atoms with Crippen molar-refractivity contribution >= 4 is 51.5 Å². The van der Waals surface area contributed by atoms with Crippen LogP contribution in [0.3, 0.4) is 0 Å². The summed E-state index contributed by atoms with van der Waals surface area (Å²) >= 11 is 12.3. The van der Waals surface area contributed by atoms with Gasteiger partial charge in [-0.2, -0.15) is 0 Å². The Morgan fingerprint density at radius 1 is 1.00 bits per heavy atom. The van der Waals surface area contributed by atoms with Crippen LogP contribution in [0.25, 0.3) is 33.3 Å². The summed E-state index contributed by atoms with van der Waals surface area (Å²) in [6, 6.07) is 18.8. The minimum absolute atomic E-state index is 0.327. The zero-order chi connectivity index (χ0) is 26.4. The van der Waals surface area contributed by atoms with Crippen LogP contribution in [0.4, 0.5) is 20.6 Å². The van der Waals surface area contributed by atoms with Crippen molar-refractivity contribution in [1.82, 2.24) is 10.4 Å². The number of hydrazine groups is 1. The molecule has 0 radical (unpaired) electrons. The number of hydrogen-bond acceptors (Lipinski definition) is 5. The van der Waals surface area contributed by atoms with Crippen LogP contribution >= 0.6 is 23.2 Å². The Morgan fingerprint density at radius 3 is 2.38 bits per heavy atom. The second kappa shape index (κ2) is 12.1. The smallest absolute Gasteiger partial charge is 0.333 e. The van der Waals surface area contributed by atoms with Crippen LogP contribution in [-0.2, 0) is 0 Å². The highest BCUT2D eigenvalue weighted by Gasteiger charge is 2.18. The molecule has 7 nitrogen and oxygen atoms in total. The van der Waals surface area contributed by atoms with Crippen molar-refractivity contribution in [1.29, 1.82) is 0 Å². The molecule has 1 aromatic heterocycles. The molecule has 0 atom stereocenters. The minimum Gasteiger partial charge on any atom is -0.497 e. The van der Waals surface area contributed by atoms with Crippen molar-refractivity contribution in [2.75, 3.05) is 42.2 Å². The average Bonchev–Trinajstić information content (AvgIpc) is 2.92. The highest BCUT2D eigenvalue weighted by Crippen LogP contribution is 2.40. The lowest BCUT2D eigenvalue weighted by molar-refractivity contribution is 0.252. The Bertz CT molecular complexity index is 1400. The lowest BCUT2D eigenvalue weighted by Gasteiger charge is -2.27. The third kappa shape index (κ3) is 6.05. The molecule has 0 saturated heterocycles. The van der Waals surface area contributed by atoms with Gasteiger partial charge < -0.3 is 15.0 Å². The lowest BCUT2D eigenvalue weighted by Crippen LogP contribution is -2.34. The van der Waals surface area contributed by atoms with E-state index in [0.717, 1.165) is 33.3 Å². The summed E-state index contributed by atoms with van der Waals surface area (Å²) in [6.45, 7) is 1.13. The number of nitrogens with zero attached hydrogens (tertiary/aromatic N) is 2. The first-order chi connectivity index (χ1) is 18.0. The molecule has 10 heteroatoms. The van der Waals surface area contributed by atoms with Gasteiger partial charge in [0.05, 0.1) is 18.3 Å². The van der Waals surface area contributed by atoms with Crippen molar-refractivity contribution < 1.29 is 13.9 Å². The van der Waals surface area contributed by atoms with Gasteiger partial charge in [0.1, 0.15) is 11.6 Å². The third-order valence-corrected chi connectivity index (χ3v) is 6.22. The zero-order valence-electron chi connectivity index (χ0n) is 20.1. The van der Waals surface area contributed by atoms with Gasteiger partial charge in [-0.25, -0.2) is 20.0 Å². The Kier molecular flexibility index (Phi) is 8.66. The molecule has 0 saturated carbocycles. The number of aromatic nitrogens is 1. The molecule has 2 amide bonds. The average molecular weight is 542 g/mol. The summed E-state index contributed by atoms with van der Waals surface area (Å²) in [5, 5.41) is 3.56. The number of urea groups is 1. The molecule has 0 bridgehead atoms. The van der Waals surface area contributed by atoms with Crippen molar-refractivity contribution in [3.05, 3.63) is 72.5 Å². The van der Waals surface area contributed by atoms with E-state index in [0.29, 0.717) is 42.0 Å². The van der Waals surface area contributed by atoms with Gasteiger partial charge in [-0.3, -0.25) is 5.43 Å². The first-order valence-corrected chi connectivity index (χ1v) is 12.6. The monoisotopic (exact) mass is 541 g/mol. The fourth-order valence-electron chi connectivity index (χ4n) is 4.15. The molecule has 4 aromatic rings. The third-order valence-electron chi connectivity index (χ3n) is 5.88. The van der Waals surface area contributed by atoms with Gasteiger partial charge in [-0.05, 0) is 72.3 Å². The molecule has 3 aromatic carbocycles. The fraction of sp³-hybridized carbons (Fsp3) is 0.185. The second-order valence-electron chi connectivity index (χ2n) is 8.14. The van der Waals surface area contributed by atoms with Crippen LogP contribution in [0.2, 0.25) is 0 Å². The number of nitrogens with two attached hydrogens (primary N) is 1. The van der Waals surface area contributed by atoms with Crippen molar-refractivity contribution in [2.24, 2.45) is 5.84 Å². The Labute approximate surface area is 224 Å². The number of halogens is 3. The van der Waals surface area contributed by atoms with Crippen LogP contribution in [0.5, 0.6) is 5.75 Å². The van der Waals surface area contributed by atoms with E-state index in [1.54, 1.807) is 25.3 Å². The number of hydrogen-bond donors (Lipinski definition) is 3. The quantitative estimate of drug-likeness (QED) is 0.105. The number of alkyl halides is 2. The van der Waals surface area contributed by atoms with E-state index in [2.05, 4.69) is 15.6 Å². The minimum atomic E-state index is -0.551. The number of nitrogens with one attached hydrogen (secondary N) is 2. The summed E-state index contributed by atoms with van der Waals surface area (Å²) in [5.74, 6) is 6.42. The number of methoxy groups -OCH3 is 1. The van der Waals surface area contributed by atoms with Crippen molar-refractivity contribution in [3.63, 3.8) is 0 Å². The number of rotatable bonds is 9. The SMILES string of the molecule is COc1ccc2nc(-c3ccc(F)cc3)cc(-c3cc(NC(=O)NN)ccc3N(CCCl)CCCl)c2c1. The molecular formula is C27H26Cl2FN5O2. The van der Waals surface area contributed by atoms with Crippen molar-refractivity contribution in [3.8, 4) is 28.1 Å². The molecule has 0 aliphatic heterocycles. The molecule has 4 N–H and O–H groups in total. The van der Waals surface area contributed by atoms with Gasteiger partial charge in [0.2, 0.25) is 0 Å². The van der Waals surface area contributed by atoms with E-state index in [1.807, 2.05) is 36.4 Å². The highest BCUT2D eigenvalue weighted by molar-refractivity contribution is 6.18. The van der Waals surface area contributed by atoms with Gasteiger partial charge in [0.15, 0.2) is 0 Å². The zero-order valence-corrected chi connectivity index (χ0v) is 21.6. The van der Waals surface area contributed by atoms with Gasteiger partial charge in [-0.15, -0.1) is 23.2 Å². The number of ether oxygens (including phenoxy) is 1. The summed E-state index contributed by atoms with van der Waals surface area (Å²) in [5.41, 5.74) is 7.29. The van der Waals surface area contributed by atoms with Crippen LogP contribution in [-0.4, -0.2) is 43.0 Å². The summed E-state index contributed by atoms with van der Waals surface area (Å²) < 4.78 is 19.1. The number of anilines is 2. The Morgan fingerprint density at radius 2 is 1.73 bits per heavy atom. The number of amides is 2. The first kappa shape index (κ1) is 26.5. The largest absolute Gasteiger partial charge is 0.497 e. The Balaban J connectivity index is 2.02. The molecule has 192 valence electrons. The number of carbonyl (C=O) groups is 1. The van der Waals surface area contributed by atoms with Gasteiger partial charge in [0, 0.05) is 52.7 Å². The number of carbonyl (C=O) groups excluding carboxylic acids is 1. The first-order valence-electron chi connectivity index (χ1n) is 11.5. The summed E-state index contributed by atoms with van der Waals surface area (Å²) in [7, 11) is 1.60. The maximum atomic E-state index is 13.6. The van der Waals surface area contributed by atoms with E-state index >= 15 is 0 Å². The van der Waals surface area contributed by atoms with Gasteiger partial charge >= 0.3 is 6.03 Å². The topological polar surface area (TPSA) is 92.5 Å². The van der Waals surface area contributed by atoms with E-state index in [1.165, 1.54) is 12.1 Å². The number of fused-ring (bicyclic) bond motifs is 1. The summed E-state index contributed by atoms with van der Waals surface area (Å²) in [4.78, 5) is 18.9. The van der Waals surface area contributed by atoms with Gasteiger partial charge in [-0.1, -0.05) is 0 Å². The van der Waals surface area contributed by atoms with Crippen LogP contribution in [0.1, 0.15) is 0 Å².